The Morgan fingerprint density at radius 1 is 1.29 bits per heavy atom. The minimum atomic E-state index is 0.0462. The molecule has 0 saturated carbocycles. The fourth-order valence-electron chi connectivity index (χ4n) is 1.46. The number of hydrogen-bond acceptors (Lipinski definition) is 4. The summed E-state index contributed by atoms with van der Waals surface area (Å²) in [6, 6.07) is 1.76. The van der Waals surface area contributed by atoms with Gasteiger partial charge in [0.25, 0.3) is 0 Å². The third kappa shape index (κ3) is 5.85. The topological polar surface area (TPSA) is 44.7 Å². The van der Waals surface area contributed by atoms with Gasteiger partial charge in [0.2, 0.25) is 8.67 Å². The predicted molar refractivity (Wildman–Crippen MR) is 68.7 cm³/mol. The van der Waals surface area contributed by atoms with Gasteiger partial charge in [-0.1, -0.05) is 6.92 Å². The first-order chi connectivity index (χ1) is 8.38. The average Bonchev–Trinajstić information content (AvgIpc) is 2.66. The minimum absolute atomic E-state index is 0.0462. The van der Waals surface area contributed by atoms with Gasteiger partial charge in [0.1, 0.15) is 6.26 Å². The molecule has 1 aliphatic heterocycles. The molecule has 2 heterocycles. The largest absolute Gasteiger partial charge is 0.493 e. The molecule has 0 bridgehead atoms. The van der Waals surface area contributed by atoms with Crippen molar-refractivity contribution < 1.29 is 17.9 Å². The van der Waals surface area contributed by atoms with Crippen molar-refractivity contribution in [3.63, 3.8) is 0 Å². The summed E-state index contributed by atoms with van der Waals surface area (Å²) < 4.78 is 20.4. The van der Waals surface area contributed by atoms with Crippen LogP contribution in [0.2, 0.25) is 0 Å². The Labute approximate surface area is 104 Å². The zero-order valence-corrected chi connectivity index (χ0v) is 11.5. The van der Waals surface area contributed by atoms with Gasteiger partial charge < -0.3 is 17.9 Å². The van der Waals surface area contributed by atoms with Gasteiger partial charge in [-0.15, -0.1) is 0 Å². The molecule has 0 N–H and O–H groups in total. The maximum Gasteiger partial charge on any atom is 0.200 e. The third-order valence-corrected chi connectivity index (χ3v) is 2.96. The van der Waals surface area contributed by atoms with E-state index in [4.69, 9.17) is 17.9 Å². The maximum absolute atomic E-state index is 5.25. The predicted octanol–water partition coefficient (Wildman–Crippen LogP) is 3.79. The molecule has 1 unspecified atom stereocenters. The molecule has 2 rings (SSSR count). The molecule has 1 saturated heterocycles. The number of ether oxygens (including phenoxy) is 2. The lowest BCUT2D eigenvalue weighted by atomic mass is 10.2. The van der Waals surface area contributed by atoms with E-state index >= 15 is 0 Å². The van der Waals surface area contributed by atoms with Crippen molar-refractivity contribution in [2.45, 2.75) is 32.6 Å². The van der Waals surface area contributed by atoms with Crippen LogP contribution < -0.4 is 4.74 Å². The van der Waals surface area contributed by atoms with Gasteiger partial charge in [-0.25, -0.2) is 0 Å². The quantitative estimate of drug-likeness (QED) is 0.811. The Bertz CT molecular complexity index is 286. The van der Waals surface area contributed by atoms with Crippen molar-refractivity contribution in [1.29, 1.82) is 0 Å². The molecular formula is C12H21O4P. The highest BCUT2D eigenvalue weighted by Crippen LogP contribution is 2.19. The van der Waals surface area contributed by atoms with Crippen LogP contribution in [0, 0.1) is 0 Å². The Morgan fingerprint density at radius 3 is 2.53 bits per heavy atom. The maximum atomic E-state index is 5.25. The van der Waals surface area contributed by atoms with Crippen molar-refractivity contribution >= 4 is 8.67 Å². The number of rotatable bonds is 2. The van der Waals surface area contributed by atoms with Crippen LogP contribution in [-0.2, 0) is 11.2 Å². The molecule has 1 aliphatic rings. The van der Waals surface area contributed by atoms with E-state index in [0.29, 0.717) is 0 Å². The molecule has 1 fully saturated rings. The van der Waals surface area contributed by atoms with Crippen LogP contribution in [0.4, 0.5) is 0 Å². The molecule has 1 aromatic heterocycles. The van der Waals surface area contributed by atoms with Gasteiger partial charge in [0, 0.05) is 25.7 Å². The fourth-order valence-corrected chi connectivity index (χ4v) is 1.97. The van der Waals surface area contributed by atoms with Crippen molar-refractivity contribution in [3.8, 4) is 5.75 Å². The highest BCUT2D eigenvalue weighted by Gasteiger charge is 1.98. The smallest absolute Gasteiger partial charge is 0.200 e. The van der Waals surface area contributed by atoms with Gasteiger partial charge >= 0.3 is 0 Å². The first-order valence-corrected chi connectivity index (χ1v) is 6.79. The van der Waals surface area contributed by atoms with Crippen LogP contribution in [0.3, 0.4) is 0 Å². The van der Waals surface area contributed by atoms with Crippen LogP contribution >= 0.6 is 8.67 Å². The molecule has 0 aliphatic carbocycles. The van der Waals surface area contributed by atoms with E-state index in [9.17, 15) is 0 Å². The van der Waals surface area contributed by atoms with E-state index in [1.165, 1.54) is 19.3 Å². The summed E-state index contributed by atoms with van der Waals surface area (Å²) in [4.78, 5) is 0. The average molecular weight is 260 g/mol. The molecule has 17 heavy (non-hydrogen) atoms. The van der Waals surface area contributed by atoms with Gasteiger partial charge in [-0.3, -0.25) is 0 Å². The van der Waals surface area contributed by atoms with Crippen molar-refractivity contribution in [2.24, 2.45) is 0 Å². The summed E-state index contributed by atoms with van der Waals surface area (Å²) in [6.07, 6.45) is 6.34. The Balaban J connectivity index is 0.000000202. The van der Waals surface area contributed by atoms with Gasteiger partial charge in [-0.2, -0.15) is 0 Å². The van der Waals surface area contributed by atoms with E-state index in [-0.39, 0.29) is 8.67 Å². The summed E-state index contributed by atoms with van der Waals surface area (Å²) in [5.74, 6) is 1.59. The summed E-state index contributed by atoms with van der Waals surface area (Å²) in [5.41, 5.74) is 0. The zero-order chi connectivity index (χ0) is 12.3. The van der Waals surface area contributed by atoms with E-state index in [2.05, 4.69) is 0 Å². The van der Waals surface area contributed by atoms with E-state index in [1.807, 2.05) is 6.92 Å². The third-order valence-electron chi connectivity index (χ3n) is 2.39. The Morgan fingerprint density at radius 2 is 2.06 bits per heavy atom. The molecule has 5 heteroatoms. The molecule has 98 valence electrons. The lowest BCUT2D eigenvalue weighted by molar-refractivity contribution is 0.0968. The highest BCUT2D eigenvalue weighted by molar-refractivity contribution is 7.15. The van der Waals surface area contributed by atoms with E-state index in [0.717, 1.165) is 31.1 Å². The minimum Gasteiger partial charge on any atom is -0.493 e. The molecule has 0 amide bonds. The van der Waals surface area contributed by atoms with Crippen LogP contribution in [0.15, 0.2) is 20.7 Å². The van der Waals surface area contributed by atoms with Gasteiger partial charge in [0.15, 0.2) is 11.5 Å². The summed E-state index contributed by atoms with van der Waals surface area (Å²) >= 11 is 0. The molecule has 1 atom stereocenters. The molecule has 0 aromatic carbocycles. The molecular weight excluding hydrogens is 239 g/mol. The van der Waals surface area contributed by atoms with Crippen molar-refractivity contribution in [1.82, 2.24) is 0 Å². The normalized spacial score (nSPS) is 14.9. The highest BCUT2D eigenvalue weighted by atomic mass is 31.1. The second-order valence-corrected chi connectivity index (χ2v) is 4.23. The van der Waals surface area contributed by atoms with Crippen LogP contribution in [0.25, 0.3) is 0 Å². The standard InChI is InChI=1S/C7H11O3P.C5H10O/c1-3-6-7(8-2)4-5-9-11-10-6;1-2-4-6-5-3-1/h4-5,11H,3H2,1-2H3;1-5H2. The van der Waals surface area contributed by atoms with Crippen molar-refractivity contribution in [2.75, 3.05) is 20.3 Å². The van der Waals surface area contributed by atoms with Gasteiger partial charge in [-0.05, 0) is 19.3 Å². The van der Waals surface area contributed by atoms with Crippen LogP contribution in [-0.4, -0.2) is 20.3 Å². The van der Waals surface area contributed by atoms with Crippen LogP contribution in [0.1, 0.15) is 31.9 Å². The molecule has 1 aromatic rings. The van der Waals surface area contributed by atoms with Gasteiger partial charge in [0.05, 0.1) is 7.11 Å². The number of hydrogen-bond donors (Lipinski definition) is 0. The molecule has 0 radical (unpaired) electrons. The lowest BCUT2D eigenvalue weighted by Crippen LogP contribution is -2.03. The summed E-state index contributed by atoms with van der Waals surface area (Å²) in [5, 5.41) is 0. The number of methoxy groups -OCH3 is 1. The van der Waals surface area contributed by atoms with Crippen molar-refractivity contribution in [3.05, 3.63) is 18.1 Å². The zero-order valence-electron chi connectivity index (χ0n) is 10.5. The summed E-state index contributed by atoms with van der Waals surface area (Å²) in [7, 11) is 1.66. The Kier molecular flexibility index (Phi) is 7.69. The SMILES string of the molecule is C1CCOCC1.CCc1o[pH]occc1OC. The summed E-state index contributed by atoms with van der Waals surface area (Å²) in [6.45, 7) is 4.01. The monoisotopic (exact) mass is 260 g/mol. The molecule has 4 nitrogen and oxygen atoms in total. The first-order valence-electron chi connectivity index (χ1n) is 5.97. The second-order valence-electron chi connectivity index (χ2n) is 3.62. The Hall–Kier alpha value is -0.860. The van der Waals surface area contributed by atoms with Crippen LogP contribution in [0.5, 0.6) is 5.75 Å². The second kappa shape index (κ2) is 9.20. The van der Waals surface area contributed by atoms with E-state index in [1.54, 1.807) is 19.4 Å². The van der Waals surface area contributed by atoms with E-state index < -0.39 is 0 Å². The number of aryl methyl sites for hydroxylation is 1. The molecule has 0 spiro atoms. The fraction of sp³-hybridized carbons (Fsp3) is 0.667. The first kappa shape index (κ1) is 14.2. The lowest BCUT2D eigenvalue weighted by Gasteiger charge is -2.08.